The van der Waals surface area contributed by atoms with Crippen molar-refractivity contribution < 1.29 is 4.79 Å². The molecule has 0 aliphatic carbocycles. The van der Waals surface area contributed by atoms with E-state index in [2.05, 4.69) is 11.6 Å². The lowest BCUT2D eigenvalue weighted by Gasteiger charge is -2.00. The lowest BCUT2D eigenvalue weighted by Crippen LogP contribution is -2.20. The minimum Gasteiger partial charge on any atom is -0.368 e. The van der Waals surface area contributed by atoms with Gasteiger partial charge in [-0.2, -0.15) is 0 Å². The lowest BCUT2D eigenvalue weighted by atomic mass is 10.1. The molecule has 0 saturated heterocycles. The molecule has 1 aromatic rings. The zero-order valence-corrected chi connectivity index (χ0v) is 6.60. The molecule has 0 bridgehead atoms. The van der Waals surface area contributed by atoms with Crippen LogP contribution in [0.15, 0.2) is 24.2 Å². The van der Waals surface area contributed by atoms with Gasteiger partial charge < -0.3 is 5.73 Å². The van der Waals surface area contributed by atoms with Gasteiger partial charge in [0, 0.05) is 11.6 Å². The molecule has 57 valence electrons. The number of nitrogens with zero attached hydrogens (tertiary/aromatic N) is 1. The Morgan fingerprint density at radius 3 is 2.91 bits per heavy atom. The quantitative estimate of drug-likeness (QED) is 0.721. The van der Waals surface area contributed by atoms with Crippen LogP contribution in [0, 0.1) is 5.92 Å². The molecule has 11 heavy (non-hydrogen) atoms. The zero-order chi connectivity index (χ0) is 8.27. The maximum atomic E-state index is 10.7. The Hall–Kier alpha value is -1.16. The molecule has 1 heterocycles. The number of carbonyl (C=O) groups excluding carboxylic acids is 1. The van der Waals surface area contributed by atoms with Crippen LogP contribution in [0.5, 0.6) is 0 Å². The molecule has 0 unspecified atom stereocenters. The molecule has 1 radical (unpaired) electrons. The van der Waals surface area contributed by atoms with Crippen LogP contribution in [0.2, 0.25) is 0 Å². The van der Waals surface area contributed by atoms with E-state index >= 15 is 0 Å². The van der Waals surface area contributed by atoms with Gasteiger partial charge in [0.1, 0.15) is 10.9 Å². The molecule has 0 saturated carbocycles. The average molecular weight is 167 g/mol. The van der Waals surface area contributed by atoms with E-state index in [1.54, 1.807) is 11.6 Å². The third kappa shape index (κ3) is 1.65. The Morgan fingerprint density at radius 2 is 2.55 bits per heavy atom. The minimum absolute atomic E-state index is 0.375. The standard InChI is InChI=1S/C7H7N2OS/c1-2-5(6(8)10)7-9-3-4-11-7/h2-4H,1H2,(H2,8,10). The summed E-state index contributed by atoms with van der Waals surface area (Å²) in [6.07, 6.45) is 3.04. The molecule has 0 aliphatic heterocycles. The molecular weight excluding hydrogens is 160 g/mol. The van der Waals surface area contributed by atoms with Crippen LogP contribution in [0.1, 0.15) is 5.01 Å². The molecule has 0 aliphatic rings. The van der Waals surface area contributed by atoms with Gasteiger partial charge in [0.25, 0.3) is 0 Å². The predicted molar refractivity (Wildman–Crippen MR) is 43.9 cm³/mol. The van der Waals surface area contributed by atoms with Gasteiger partial charge in [-0.3, -0.25) is 4.79 Å². The number of hydrogen-bond acceptors (Lipinski definition) is 3. The molecule has 0 aromatic carbocycles. The molecule has 2 N–H and O–H groups in total. The normalized spacial score (nSPS) is 9.91. The van der Waals surface area contributed by atoms with Crippen molar-refractivity contribution in [1.29, 1.82) is 0 Å². The van der Waals surface area contributed by atoms with E-state index in [-0.39, 0.29) is 0 Å². The number of carbonyl (C=O) groups is 1. The van der Waals surface area contributed by atoms with Crippen LogP contribution in [0.4, 0.5) is 0 Å². The molecule has 1 rings (SSSR count). The van der Waals surface area contributed by atoms with Gasteiger partial charge in [-0.15, -0.1) is 17.9 Å². The fourth-order valence-corrected chi connectivity index (χ4v) is 1.33. The Kier molecular flexibility index (Phi) is 2.38. The highest BCUT2D eigenvalue weighted by Crippen LogP contribution is 2.17. The molecule has 3 nitrogen and oxygen atoms in total. The van der Waals surface area contributed by atoms with E-state index in [0.29, 0.717) is 10.9 Å². The van der Waals surface area contributed by atoms with E-state index in [4.69, 9.17) is 5.73 Å². The molecule has 4 heteroatoms. The number of hydrogen-bond donors (Lipinski definition) is 1. The van der Waals surface area contributed by atoms with Crippen molar-refractivity contribution in [3.8, 4) is 0 Å². The van der Waals surface area contributed by atoms with E-state index in [1.807, 2.05) is 0 Å². The van der Waals surface area contributed by atoms with Crippen LogP contribution >= 0.6 is 11.3 Å². The van der Waals surface area contributed by atoms with Gasteiger partial charge in [0.05, 0.1) is 0 Å². The van der Waals surface area contributed by atoms with Crippen LogP contribution in [0.25, 0.3) is 0 Å². The first-order valence-electron chi connectivity index (χ1n) is 2.94. The molecule has 1 aromatic heterocycles. The van der Waals surface area contributed by atoms with Crippen molar-refractivity contribution in [2.45, 2.75) is 0 Å². The van der Waals surface area contributed by atoms with Gasteiger partial charge in [0.2, 0.25) is 5.91 Å². The van der Waals surface area contributed by atoms with Gasteiger partial charge in [-0.25, -0.2) is 4.98 Å². The predicted octanol–water partition coefficient (Wildman–Crippen LogP) is 0.737. The van der Waals surface area contributed by atoms with Crippen LogP contribution in [0.3, 0.4) is 0 Å². The largest absolute Gasteiger partial charge is 0.368 e. The van der Waals surface area contributed by atoms with Crippen LogP contribution in [-0.4, -0.2) is 10.9 Å². The summed E-state index contributed by atoms with van der Waals surface area (Å²) in [6, 6.07) is 0. The van der Waals surface area contributed by atoms with Gasteiger partial charge in [-0.05, 0) is 0 Å². The van der Waals surface area contributed by atoms with Crippen molar-refractivity contribution in [1.82, 2.24) is 4.98 Å². The second-order valence-electron chi connectivity index (χ2n) is 1.82. The van der Waals surface area contributed by atoms with Gasteiger partial charge >= 0.3 is 0 Å². The van der Waals surface area contributed by atoms with Crippen LogP contribution < -0.4 is 5.73 Å². The SMILES string of the molecule is C=C[C](C(N)=O)c1nccs1. The van der Waals surface area contributed by atoms with E-state index in [0.717, 1.165) is 0 Å². The summed E-state index contributed by atoms with van der Waals surface area (Å²) in [5.74, 6) is -0.116. The maximum Gasteiger partial charge on any atom is 0.236 e. The smallest absolute Gasteiger partial charge is 0.236 e. The Balaban J connectivity index is 2.88. The summed E-state index contributed by atoms with van der Waals surface area (Å²) in [5.41, 5.74) is 5.06. The van der Waals surface area contributed by atoms with Crippen LogP contribution in [-0.2, 0) is 4.79 Å². The number of aromatic nitrogens is 1. The summed E-state index contributed by atoms with van der Waals surface area (Å²) in [7, 11) is 0. The Labute approximate surface area is 68.6 Å². The highest BCUT2D eigenvalue weighted by Gasteiger charge is 2.16. The van der Waals surface area contributed by atoms with Gasteiger partial charge in [-0.1, -0.05) is 6.08 Å². The molecular formula is C7H7N2OS. The number of primary amides is 1. The topological polar surface area (TPSA) is 56.0 Å². The first-order chi connectivity index (χ1) is 5.25. The fourth-order valence-electron chi connectivity index (χ4n) is 0.650. The van der Waals surface area contributed by atoms with Crippen molar-refractivity contribution in [2.75, 3.05) is 0 Å². The number of thiazole rings is 1. The first kappa shape index (κ1) is 7.94. The van der Waals surface area contributed by atoms with Crippen molar-refractivity contribution in [2.24, 2.45) is 5.73 Å². The molecule has 1 amide bonds. The number of amides is 1. The molecule has 0 spiro atoms. The Morgan fingerprint density at radius 1 is 1.82 bits per heavy atom. The van der Waals surface area contributed by atoms with Crippen molar-refractivity contribution >= 4 is 17.2 Å². The van der Waals surface area contributed by atoms with Crippen molar-refractivity contribution in [3.05, 3.63) is 35.2 Å². The molecule has 0 atom stereocenters. The summed E-state index contributed by atoms with van der Waals surface area (Å²) in [5, 5.41) is 2.40. The van der Waals surface area contributed by atoms with E-state index in [9.17, 15) is 4.79 Å². The van der Waals surface area contributed by atoms with Gasteiger partial charge in [0.15, 0.2) is 0 Å². The second-order valence-corrected chi connectivity index (χ2v) is 2.71. The van der Waals surface area contributed by atoms with E-state index < -0.39 is 5.91 Å². The summed E-state index contributed by atoms with van der Waals surface area (Å²) in [6.45, 7) is 3.47. The highest BCUT2D eigenvalue weighted by atomic mass is 32.1. The fraction of sp³-hybridized carbons (Fsp3) is 0. The highest BCUT2D eigenvalue weighted by molar-refractivity contribution is 7.10. The summed E-state index contributed by atoms with van der Waals surface area (Å²) >= 11 is 1.36. The molecule has 0 fully saturated rings. The first-order valence-corrected chi connectivity index (χ1v) is 3.82. The monoisotopic (exact) mass is 167 g/mol. The number of nitrogens with two attached hydrogens (primary N) is 1. The summed E-state index contributed by atoms with van der Waals surface area (Å²) in [4.78, 5) is 14.6. The minimum atomic E-state index is -0.491. The number of rotatable bonds is 3. The van der Waals surface area contributed by atoms with Crippen molar-refractivity contribution in [3.63, 3.8) is 0 Å². The summed E-state index contributed by atoms with van der Waals surface area (Å²) < 4.78 is 0. The third-order valence-corrected chi connectivity index (χ3v) is 1.94. The zero-order valence-electron chi connectivity index (χ0n) is 5.78. The average Bonchev–Trinajstić information content (AvgIpc) is 2.40. The third-order valence-electron chi connectivity index (χ3n) is 1.13. The second kappa shape index (κ2) is 3.30. The maximum absolute atomic E-state index is 10.7. The lowest BCUT2D eigenvalue weighted by molar-refractivity contribution is -0.115. The van der Waals surface area contributed by atoms with E-state index in [1.165, 1.54) is 17.4 Å². The Bertz CT molecular complexity index is 255.